The lowest BCUT2D eigenvalue weighted by Gasteiger charge is -2.22. The highest BCUT2D eigenvalue weighted by molar-refractivity contribution is 5.93. The second-order valence-electron chi connectivity index (χ2n) is 5.59. The molecule has 23 heavy (non-hydrogen) atoms. The molecule has 0 radical (unpaired) electrons. The van der Waals surface area contributed by atoms with E-state index in [1.807, 2.05) is 24.3 Å². The number of urea groups is 1. The summed E-state index contributed by atoms with van der Waals surface area (Å²) in [5.41, 5.74) is 1.40. The first-order valence-electron chi connectivity index (χ1n) is 7.59. The molecule has 2 fully saturated rings. The molecule has 1 spiro atoms. The summed E-state index contributed by atoms with van der Waals surface area (Å²) in [6.45, 7) is 2.22. The van der Waals surface area contributed by atoms with Crippen molar-refractivity contribution in [3.05, 3.63) is 36.7 Å². The molecule has 0 bridgehead atoms. The second kappa shape index (κ2) is 5.68. The summed E-state index contributed by atoms with van der Waals surface area (Å²) in [4.78, 5) is 18.4. The molecule has 0 aliphatic carbocycles. The topological polar surface area (TPSA) is 76.8 Å². The molecule has 2 aliphatic heterocycles. The molecule has 1 aromatic heterocycles. The zero-order chi connectivity index (χ0) is 15.7. The molecule has 120 valence electrons. The quantitative estimate of drug-likeness (QED) is 0.920. The van der Waals surface area contributed by atoms with E-state index in [0.717, 1.165) is 5.56 Å². The highest BCUT2D eigenvalue weighted by atomic mass is 16.7. The summed E-state index contributed by atoms with van der Waals surface area (Å²) in [6.07, 6.45) is 3.78. The number of nitrogens with zero attached hydrogens (tertiary/aromatic N) is 2. The Labute approximate surface area is 133 Å². The van der Waals surface area contributed by atoms with Crippen LogP contribution in [0.25, 0.3) is 11.5 Å². The average Bonchev–Trinajstić information content (AvgIpc) is 3.31. The molecule has 0 atom stereocenters. The van der Waals surface area contributed by atoms with Gasteiger partial charge in [0.15, 0.2) is 5.79 Å². The third kappa shape index (κ3) is 2.69. The van der Waals surface area contributed by atoms with Crippen molar-refractivity contribution in [2.75, 3.05) is 31.6 Å². The number of anilines is 1. The van der Waals surface area contributed by atoms with E-state index in [1.165, 1.54) is 6.26 Å². The third-order valence-electron chi connectivity index (χ3n) is 4.13. The third-order valence-corrected chi connectivity index (χ3v) is 4.13. The van der Waals surface area contributed by atoms with Crippen LogP contribution >= 0.6 is 0 Å². The maximum atomic E-state index is 12.5. The van der Waals surface area contributed by atoms with Crippen molar-refractivity contribution in [1.29, 1.82) is 0 Å². The van der Waals surface area contributed by atoms with Gasteiger partial charge in [-0.05, 0) is 12.1 Å². The summed E-state index contributed by atoms with van der Waals surface area (Å²) >= 11 is 0. The van der Waals surface area contributed by atoms with Gasteiger partial charge >= 0.3 is 6.03 Å². The zero-order valence-electron chi connectivity index (χ0n) is 12.5. The van der Waals surface area contributed by atoms with E-state index < -0.39 is 5.79 Å². The maximum Gasteiger partial charge on any atom is 0.322 e. The minimum Gasteiger partial charge on any atom is -0.444 e. The minimum atomic E-state index is -0.612. The molecule has 2 aromatic rings. The Kier molecular flexibility index (Phi) is 3.51. The fraction of sp³-hybridized carbons (Fsp3) is 0.375. The smallest absolute Gasteiger partial charge is 0.322 e. The van der Waals surface area contributed by atoms with Gasteiger partial charge in [-0.2, -0.15) is 0 Å². The van der Waals surface area contributed by atoms with E-state index in [0.29, 0.717) is 44.3 Å². The summed E-state index contributed by atoms with van der Waals surface area (Å²) in [5, 5.41) is 2.92. The van der Waals surface area contributed by atoms with Crippen LogP contribution in [0.4, 0.5) is 10.5 Å². The number of nitrogens with one attached hydrogen (secondary N) is 1. The van der Waals surface area contributed by atoms with Crippen molar-refractivity contribution in [2.45, 2.75) is 12.2 Å². The molecule has 2 amide bonds. The van der Waals surface area contributed by atoms with Crippen LogP contribution in [-0.2, 0) is 9.47 Å². The molecule has 3 heterocycles. The standard InChI is InChI=1S/C16H17N3O4/c20-15(19-7-5-16(11-19)22-9-10-23-16)18-13-4-2-1-3-12(13)14-17-6-8-21-14/h1-4,6,8H,5,7,9-11H2,(H,18,20). The van der Waals surface area contributed by atoms with Gasteiger partial charge in [-0.25, -0.2) is 9.78 Å². The number of oxazole rings is 1. The number of likely N-dealkylation sites (tertiary alicyclic amines) is 1. The van der Waals surface area contributed by atoms with E-state index in [-0.39, 0.29) is 6.03 Å². The molecule has 0 unspecified atom stereocenters. The van der Waals surface area contributed by atoms with E-state index in [1.54, 1.807) is 11.1 Å². The molecule has 0 saturated carbocycles. The fourth-order valence-corrected chi connectivity index (χ4v) is 2.99. The van der Waals surface area contributed by atoms with Gasteiger partial charge in [-0.15, -0.1) is 0 Å². The first kappa shape index (κ1) is 14.2. The molecular formula is C16H17N3O4. The van der Waals surface area contributed by atoms with Crippen LogP contribution in [0.5, 0.6) is 0 Å². The molecule has 7 nitrogen and oxygen atoms in total. The van der Waals surface area contributed by atoms with Gasteiger partial charge in [0, 0.05) is 13.0 Å². The van der Waals surface area contributed by atoms with E-state index in [4.69, 9.17) is 13.9 Å². The number of rotatable bonds is 2. The monoisotopic (exact) mass is 315 g/mol. The summed E-state index contributed by atoms with van der Waals surface area (Å²) in [6, 6.07) is 7.24. The lowest BCUT2D eigenvalue weighted by molar-refractivity contribution is -0.143. The van der Waals surface area contributed by atoms with Gasteiger partial charge in [0.1, 0.15) is 6.26 Å². The molecule has 2 saturated heterocycles. The molecule has 7 heteroatoms. The normalized spacial score (nSPS) is 19.4. The molecule has 1 aromatic carbocycles. The van der Waals surface area contributed by atoms with Crippen molar-refractivity contribution < 1.29 is 18.7 Å². The predicted molar refractivity (Wildman–Crippen MR) is 81.8 cm³/mol. The summed E-state index contributed by atoms with van der Waals surface area (Å²) < 4.78 is 16.6. The Morgan fingerprint density at radius 1 is 1.26 bits per heavy atom. The number of aromatic nitrogens is 1. The first-order chi connectivity index (χ1) is 11.3. The van der Waals surface area contributed by atoms with Gasteiger partial charge in [0.2, 0.25) is 5.89 Å². The zero-order valence-corrected chi connectivity index (χ0v) is 12.5. The van der Waals surface area contributed by atoms with Gasteiger partial charge in [-0.3, -0.25) is 0 Å². The lowest BCUT2D eigenvalue weighted by atomic mass is 10.2. The van der Waals surface area contributed by atoms with Crippen LogP contribution in [-0.4, -0.2) is 48.0 Å². The summed E-state index contributed by atoms with van der Waals surface area (Å²) in [5.74, 6) is -0.138. The van der Waals surface area contributed by atoms with Crippen LogP contribution < -0.4 is 5.32 Å². The van der Waals surface area contributed by atoms with E-state index >= 15 is 0 Å². The van der Waals surface area contributed by atoms with E-state index in [9.17, 15) is 4.79 Å². The Morgan fingerprint density at radius 3 is 2.87 bits per heavy atom. The van der Waals surface area contributed by atoms with Crippen LogP contribution in [0.15, 0.2) is 41.1 Å². The van der Waals surface area contributed by atoms with Crippen LogP contribution in [0.3, 0.4) is 0 Å². The number of carbonyl (C=O) groups excluding carboxylic acids is 1. The Bertz CT molecular complexity index is 695. The number of carbonyl (C=O) groups is 1. The van der Waals surface area contributed by atoms with Crippen molar-refractivity contribution >= 4 is 11.7 Å². The maximum absolute atomic E-state index is 12.5. The largest absolute Gasteiger partial charge is 0.444 e. The van der Waals surface area contributed by atoms with Crippen molar-refractivity contribution in [3.63, 3.8) is 0 Å². The number of benzene rings is 1. The molecule has 4 rings (SSSR count). The van der Waals surface area contributed by atoms with Crippen molar-refractivity contribution in [3.8, 4) is 11.5 Å². The number of hydrogen-bond acceptors (Lipinski definition) is 5. The van der Waals surface area contributed by atoms with Crippen molar-refractivity contribution in [2.24, 2.45) is 0 Å². The van der Waals surface area contributed by atoms with Gasteiger partial charge < -0.3 is 24.1 Å². The van der Waals surface area contributed by atoms with Gasteiger partial charge in [-0.1, -0.05) is 12.1 Å². The second-order valence-corrected chi connectivity index (χ2v) is 5.59. The first-order valence-corrected chi connectivity index (χ1v) is 7.59. The van der Waals surface area contributed by atoms with E-state index in [2.05, 4.69) is 10.3 Å². The van der Waals surface area contributed by atoms with Crippen molar-refractivity contribution in [1.82, 2.24) is 9.88 Å². The molecule has 1 N–H and O–H groups in total. The SMILES string of the molecule is O=C(Nc1ccccc1-c1ncco1)N1CCC2(C1)OCCO2. The predicted octanol–water partition coefficient (Wildman–Crippen LogP) is 2.32. The number of amides is 2. The van der Waals surface area contributed by atoms with Crippen LogP contribution in [0.2, 0.25) is 0 Å². The Balaban J connectivity index is 1.50. The Hall–Kier alpha value is -2.38. The number of ether oxygens (including phenoxy) is 2. The lowest BCUT2D eigenvalue weighted by Crippen LogP contribution is -2.38. The highest BCUT2D eigenvalue weighted by Crippen LogP contribution is 2.31. The summed E-state index contributed by atoms with van der Waals surface area (Å²) in [7, 11) is 0. The molecular weight excluding hydrogens is 298 g/mol. The number of hydrogen-bond donors (Lipinski definition) is 1. The van der Waals surface area contributed by atoms with Gasteiger partial charge in [0.05, 0.1) is 37.2 Å². The van der Waals surface area contributed by atoms with Gasteiger partial charge in [0.25, 0.3) is 0 Å². The number of para-hydroxylation sites is 1. The average molecular weight is 315 g/mol. The highest BCUT2D eigenvalue weighted by Gasteiger charge is 2.44. The Morgan fingerprint density at radius 2 is 2.09 bits per heavy atom. The minimum absolute atomic E-state index is 0.181. The van der Waals surface area contributed by atoms with Crippen LogP contribution in [0, 0.1) is 0 Å². The molecule has 2 aliphatic rings. The fourth-order valence-electron chi connectivity index (χ4n) is 2.99. The van der Waals surface area contributed by atoms with Crippen LogP contribution in [0.1, 0.15) is 6.42 Å².